The van der Waals surface area contributed by atoms with Crippen molar-refractivity contribution in [2.45, 2.75) is 6.54 Å². The molecule has 0 fully saturated rings. The van der Waals surface area contributed by atoms with Crippen molar-refractivity contribution in [3.05, 3.63) is 61.2 Å². The molecule has 0 bridgehead atoms. The topological polar surface area (TPSA) is 122 Å². The molecule has 116 valence electrons. The van der Waals surface area contributed by atoms with E-state index in [-0.39, 0.29) is 38.6 Å². The summed E-state index contributed by atoms with van der Waals surface area (Å²) in [6.45, 7) is 3.76. The summed E-state index contributed by atoms with van der Waals surface area (Å²) >= 11 is 0.904. The number of allylic oxidation sites excluding steroid dienone is 1. The predicted molar refractivity (Wildman–Crippen MR) is 81.4 cm³/mol. The zero-order valence-electron chi connectivity index (χ0n) is 11.6. The summed E-state index contributed by atoms with van der Waals surface area (Å²) in [5, 5.41) is 29.7. The molecule has 2 heterocycles. The van der Waals surface area contributed by atoms with E-state index in [0.717, 1.165) is 11.3 Å². The molecule has 9 heteroatoms. The number of rotatable bonds is 4. The molecule has 0 spiro atoms. The fourth-order valence-corrected chi connectivity index (χ4v) is 3.28. The van der Waals surface area contributed by atoms with E-state index in [1.807, 2.05) is 0 Å². The van der Waals surface area contributed by atoms with Crippen molar-refractivity contribution >= 4 is 28.5 Å². The molecule has 0 atom stereocenters. The number of aromatic hydroxyl groups is 1. The van der Waals surface area contributed by atoms with E-state index >= 15 is 0 Å². The molecule has 1 amide bonds. The molecule has 0 aliphatic carbocycles. The van der Waals surface area contributed by atoms with Crippen LogP contribution in [0, 0.1) is 15.5 Å². The maximum Gasteiger partial charge on any atom is 0.279 e. The van der Waals surface area contributed by atoms with Crippen LogP contribution in [0.3, 0.4) is 0 Å². The summed E-state index contributed by atoms with van der Waals surface area (Å²) in [4.78, 5) is 26.6. The van der Waals surface area contributed by atoms with Crippen LogP contribution in [0.25, 0.3) is 5.57 Å². The van der Waals surface area contributed by atoms with E-state index < -0.39 is 10.8 Å². The number of thiazole rings is 1. The minimum absolute atomic E-state index is 0.0385. The Morgan fingerprint density at radius 2 is 2.26 bits per heavy atom. The Bertz CT molecular complexity index is 1050. The molecule has 0 radical (unpaired) electrons. The Morgan fingerprint density at radius 1 is 1.52 bits per heavy atom. The van der Waals surface area contributed by atoms with Gasteiger partial charge in [0.2, 0.25) is 5.88 Å². The number of carbonyl (C=O) groups excluding carboxylic acids is 1. The van der Waals surface area contributed by atoms with Gasteiger partial charge in [0.25, 0.3) is 11.6 Å². The largest absolute Gasteiger partial charge is 0.493 e. The molecule has 2 aromatic rings. The lowest BCUT2D eigenvalue weighted by Crippen LogP contribution is -2.23. The quantitative estimate of drug-likeness (QED) is 0.472. The van der Waals surface area contributed by atoms with Crippen LogP contribution >= 0.6 is 11.3 Å². The fourth-order valence-electron chi connectivity index (χ4n) is 2.31. The van der Waals surface area contributed by atoms with Crippen LogP contribution in [-0.2, 0) is 11.3 Å². The molecule has 8 nitrogen and oxygen atoms in total. The highest BCUT2D eigenvalue weighted by Crippen LogP contribution is 2.28. The van der Waals surface area contributed by atoms with Crippen LogP contribution in [0.15, 0.2) is 35.8 Å². The predicted octanol–water partition coefficient (Wildman–Crippen LogP) is 0.188. The van der Waals surface area contributed by atoms with E-state index in [1.54, 1.807) is 0 Å². The first-order valence-electron chi connectivity index (χ1n) is 6.44. The highest BCUT2D eigenvalue weighted by Gasteiger charge is 2.26. The molecular formula is C14H10N4O4S. The van der Waals surface area contributed by atoms with Crippen LogP contribution in [-0.4, -0.2) is 20.5 Å². The number of nitro groups is 1. The van der Waals surface area contributed by atoms with Gasteiger partial charge in [-0.2, -0.15) is 0 Å². The van der Waals surface area contributed by atoms with Gasteiger partial charge in [0.15, 0.2) is 4.80 Å². The number of nitrogens with one attached hydrogen (secondary N) is 1. The normalized spacial score (nSPS) is 12.9. The van der Waals surface area contributed by atoms with Gasteiger partial charge in [-0.25, -0.2) is 4.99 Å². The van der Waals surface area contributed by atoms with E-state index in [4.69, 9.17) is 5.41 Å². The van der Waals surface area contributed by atoms with Crippen LogP contribution in [0.5, 0.6) is 5.88 Å². The Labute approximate surface area is 132 Å². The van der Waals surface area contributed by atoms with Gasteiger partial charge in [-0.05, 0) is 6.07 Å². The lowest BCUT2D eigenvalue weighted by atomic mass is 10.1. The summed E-state index contributed by atoms with van der Waals surface area (Å²) in [7, 11) is 0. The van der Waals surface area contributed by atoms with E-state index in [9.17, 15) is 20.0 Å². The van der Waals surface area contributed by atoms with Crippen molar-refractivity contribution in [3.8, 4) is 5.88 Å². The van der Waals surface area contributed by atoms with Gasteiger partial charge >= 0.3 is 0 Å². The number of nitrogens with zero attached hydrogens (tertiary/aromatic N) is 3. The van der Waals surface area contributed by atoms with Crippen LogP contribution in [0.4, 0.5) is 5.69 Å². The zero-order valence-corrected chi connectivity index (χ0v) is 12.5. The third kappa shape index (κ3) is 2.27. The van der Waals surface area contributed by atoms with E-state index in [1.165, 1.54) is 28.8 Å². The van der Waals surface area contributed by atoms with Crippen molar-refractivity contribution < 1.29 is 14.8 Å². The van der Waals surface area contributed by atoms with Gasteiger partial charge in [-0.3, -0.25) is 24.9 Å². The van der Waals surface area contributed by atoms with Crippen LogP contribution in [0.2, 0.25) is 0 Å². The maximum atomic E-state index is 12.2. The third-order valence-electron chi connectivity index (χ3n) is 3.34. The molecule has 1 aromatic heterocycles. The number of hydrogen-bond acceptors (Lipinski definition) is 6. The second kappa shape index (κ2) is 5.29. The van der Waals surface area contributed by atoms with Crippen molar-refractivity contribution in [1.82, 2.24) is 4.57 Å². The molecule has 2 N–H and O–H groups in total. The molecular weight excluding hydrogens is 320 g/mol. The second-order valence-electron chi connectivity index (χ2n) is 4.71. The van der Waals surface area contributed by atoms with Crippen molar-refractivity contribution in [3.63, 3.8) is 0 Å². The molecule has 0 saturated heterocycles. The molecule has 1 aliphatic rings. The summed E-state index contributed by atoms with van der Waals surface area (Å²) in [6.07, 6.45) is 1.51. The highest BCUT2D eigenvalue weighted by atomic mass is 32.1. The molecule has 0 saturated carbocycles. The number of nitro benzene ring substituents is 1. The molecule has 3 rings (SSSR count). The molecule has 1 aromatic carbocycles. The lowest BCUT2D eigenvalue weighted by molar-refractivity contribution is -0.385. The monoisotopic (exact) mass is 330 g/mol. The van der Waals surface area contributed by atoms with Crippen molar-refractivity contribution in [1.29, 1.82) is 5.41 Å². The fraction of sp³-hybridized carbons (Fsp3) is 0.0714. The number of benzene rings is 1. The van der Waals surface area contributed by atoms with Crippen molar-refractivity contribution in [2.75, 3.05) is 0 Å². The number of non-ortho nitro benzene ring substituents is 1. The standard InChI is InChI=1S/C14H10N4O4S/c1-2-5-17-13(20)11(23-14(17)15)10-8-6-7(18(21)22)3-4-9(8)16-12(10)19/h2-4,6,15,20H,1,5H2. The highest BCUT2D eigenvalue weighted by molar-refractivity contribution is 7.11. The van der Waals surface area contributed by atoms with E-state index in [0.29, 0.717) is 5.36 Å². The van der Waals surface area contributed by atoms with Crippen LogP contribution < -0.4 is 15.4 Å². The summed E-state index contributed by atoms with van der Waals surface area (Å²) in [5.41, 5.74) is -0.102. The molecule has 23 heavy (non-hydrogen) atoms. The Morgan fingerprint density at radius 3 is 2.91 bits per heavy atom. The summed E-state index contributed by atoms with van der Waals surface area (Å²) in [5.74, 6) is -0.847. The number of hydrogen-bond donors (Lipinski definition) is 2. The minimum atomic E-state index is -0.595. The molecule has 1 aliphatic heterocycles. The average molecular weight is 330 g/mol. The minimum Gasteiger partial charge on any atom is -0.493 e. The SMILES string of the molecule is C=CCn1c(O)c(C2=c3cc([N+](=O)[O-])ccc3=NC2=O)sc1=N. The number of amides is 1. The van der Waals surface area contributed by atoms with Gasteiger partial charge < -0.3 is 5.11 Å². The van der Waals surface area contributed by atoms with Gasteiger partial charge in [-0.1, -0.05) is 17.4 Å². The van der Waals surface area contributed by atoms with Crippen molar-refractivity contribution in [2.24, 2.45) is 4.99 Å². The van der Waals surface area contributed by atoms with Gasteiger partial charge in [0, 0.05) is 23.9 Å². The summed E-state index contributed by atoms with van der Waals surface area (Å²) in [6, 6.07) is 3.91. The lowest BCUT2D eigenvalue weighted by Gasteiger charge is -2.01. The third-order valence-corrected chi connectivity index (χ3v) is 4.34. The Kier molecular flexibility index (Phi) is 3.41. The first-order chi connectivity index (χ1) is 10.9. The Balaban J connectivity index is 2.35. The number of carbonyl (C=O) groups is 1. The maximum absolute atomic E-state index is 12.2. The first-order valence-corrected chi connectivity index (χ1v) is 7.26. The average Bonchev–Trinajstić information content (AvgIpc) is 2.96. The van der Waals surface area contributed by atoms with E-state index in [2.05, 4.69) is 11.6 Å². The summed E-state index contributed by atoms with van der Waals surface area (Å²) < 4.78 is 1.28. The first kappa shape index (κ1) is 14.9. The number of aromatic nitrogens is 1. The van der Waals surface area contributed by atoms with Gasteiger partial charge in [0.1, 0.15) is 4.88 Å². The van der Waals surface area contributed by atoms with Gasteiger partial charge in [-0.15, -0.1) is 6.58 Å². The zero-order chi connectivity index (χ0) is 16.7. The van der Waals surface area contributed by atoms with Gasteiger partial charge in [0.05, 0.1) is 15.9 Å². The Hall–Kier alpha value is -3.07. The van der Waals surface area contributed by atoms with Crippen LogP contribution in [0.1, 0.15) is 4.88 Å². The smallest absolute Gasteiger partial charge is 0.279 e. The second-order valence-corrected chi connectivity index (χ2v) is 5.71. The molecule has 0 unspecified atom stereocenters. The number of fused-ring (bicyclic) bond motifs is 1.